The van der Waals surface area contributed by atoms with Gasteiger partial charge in [0, 0.05) is 36.6 Å². The molecule has 4 nitrogen and oxygen atoms in total. The molecule has 0 bridgehead atoms. The topological polar surface area (TPSA) is 43.9 Å². The summed E-state index contributed by atoms with van der Waals surface area (Å²) in [5.41, 5.74) is 15.8. The number of benzene rings is 6. The summed E-state index contributed by atoms with van der Waals surface area (Å²) in [6, 6.07) is 51.7. The summed E-state index contributed by atoms with van der Waals surface area (Å²) in [4.78, 5) is 9.81. The van der Waals surface area contributed by atoms with Gasteiger partial charge in [-0.2, -0.15) is 0 Å². The summed E-state index contributed by atoms with van der Waals surface area (Å²) >= 11 is -1.72. The minimum atomic E-state index is -1.72. The number of nitrogens with zero attached hydrogens (tertiary/aromatic N) is 3. The van der Waals surface area contributed by atoms with Gasteiger partial charge in [0.25, 0.3) is 0 Å². The minimum absolute atomic E-state index is 0. The number of pyridine rings is 1. The zero-order valence-corrected chi connectivity index (χ0v) is 40.4. The van der Waals surface area contributed by atoms with E-state index in [4.69, 9.17) is 9.40 Å². The van der Waals surface area contributed by atoms with Gasteiger partial charge in [0.1, 0.15) is 5.58 Å². The molecule has 0 spiro atoms. The van der Waals surface area contributed by atoms with Gasteiger partial charge in [-0.25, -0.2) is 0 Å². The molecule has 1 aliphatic rings. The fourth-order valence-corrected chi connectivity index (χ4v) is 11.1. The van der Waals surface area contributed by atoms with Crippen LogP contribution >= 0.6 is 0 Å². The van der Waals surface area contributed by atoms with E-state index in [9.17, 15) is 0 Å². The van der Waals surface area contributed by atoms with Crippen molar-refractivity contribution in [1.82, 2.24) is 14.5 Å². The Morgan fingerprint density at radius 2 is 1.42 bits per heavy atom. The van der Waals surface area contributed by atoms with E-state index in [1.165, 1.54) is 48.9 Å². The van der Waals surface area contributed by atoms with Crippen LogP contribution in [-0.4, -0.2) is 27.8 Å². The average Bonchev–Trinajstić information content (AvgIpc) is 3.88. The van der Waals surface area contributed by atoms with Crippen LogP contribution in [0.4, 0.5) is 0 Å². The van der Waals surface area contributed by atoms with Gasteiger partial charge in [-0.3, -0.25) is 4.98 Å². The van der Waals surface area contributed by atoms with E-state index in [1.807, 2.05) is 36.5 Å². The molecule has 0 N–H and O–H groups in total. The van der Waals surface area contributed by atoms with E-state index in [-0.39, 0.29) is 25.5 Å². The second-order valence-electron chi connectivity index (χ2n) is 18.0. The number of furan rings is 1. The third-order valence-electron chi connectivity index (χ3n) is 12.1. The van der Waals surface area contributed by atoms with Gasteiger partial charge in [0.05, 0.1) is 22.4 Å². The smallest absolute Gasteiger partial charge is 0 e. The third-order valence-corrected chi connectivity index (χ3v) is 16.4. The number of aromatic nitrogens is 3. The molecule has 1 aliphatic carbocycles. The van der Waals surface area contributed by atoms with E-state index in [2.05, 4.69) is 178 Å². The van der Waals surface area contributed by atoms with Gasteiger partial charge in [-0.1, -0.05) is 113 Å². The molecule has 0 atom stereocenters. The Labute approximate surface area is 370 Å². The van der Waals surface area contributed by atoms with E-state index >= 15 is 0 Å². The molecule has 6 aromatic carbocycles. The first-order chi connectivity index (χ1) is 28.3. The quantitative estimate of drug-likeness (QED) is 0.123. The maximum absolute atomic E-state index is 6.80. The van der Waals surface area contributed by atoms with Crippen LogP contribution in [0.5, 0.6) is 0 Å². The van der Waals surface area contributed by atoms with Gasteiger partial charge in [-0.05, 0) is 63.4 Å². The second kappa shape index (κ2) is 16.1. The van der Waals surface area contributed by atoms with Crippen molar-refractivity contribution in [3.63, 3.8) is 0 Å². The van der Waals surface area contributed by atoms with Gasteiger partial charge in [-0.15, -0.1) is 18.2 Å². The first-order valence-corrected chi connectivity index (χ1v) is 28.2. The fourth-order valence-electron chi connectivity index (χ4n) is 8.93. The molecule has 0 aliphatic heterocycles. The first kappa shape index (κ1) is 41.7. The average molecular weight is 1020 g/mol. The normalized spacial score (nSPS) is 13.1. The van der Waals surface area contributed by atoms with Gasteiger partial charge < -0.3 is 8.98 Å². The van der Waals surface area contributed by atoms with Gasteiger partial charge >= 0.3 is 99.8 Å². The van der Waals surface area contributed by atoms with E-state index in [0.29, 0.717) is 11.8 Å². The molecule has 10 rings (SSSR count). The van der Waals surface area contributed by atoms with Crippen LogP contribution in [0.3, 0.4) is 0 Å². The number of hydrogen-bond donors (Lipinski definition) is 0. The van der Waals surface area contributed by atoms with E-state index in [1.54, 1.807) is 0 Å². The van der Waals surface area contributed by atoms with E-state index in [0.717, 1.165) is 50.2 Å². The summed E-state index contributed by atoms with van der Waals surface area (Å²) in [5, 5.41) is 2.28. The molecular formula is C54H51GeIrN3O-2. The molecular weight excluding hydrogens is 971 g/mol. The molecule has 0 saturated carbocycles. The molecule has 0 unspecified atom stereocenters. The van der Waals surface area contributed by atoms with Crippen molar-refractivity contribution in [2.45, 2.75) is 76.1 Å². The fraction of sp³-hybridized carbons (Fsp3) is 0.222. The molecule has 60 heavy (non-hydrogen) atoms. The Balaban J connectivity index is 0.000000248. The molecule has 0 fully saturated rings. The van der Waals surface area contributed by atoms with Crippen LogP contribution in [0.25, 0.3) is 72.4 Å². The van der Waals surface area contributed by atoms with E-state index < -0.39 is 13.3 Å². The van der Waals surface area contributed by atoms with Crippen molar-refractivity contribution in [3.8, 4) is 39.5 Å². The van der Waals surface area contributed by atoms with Crippen molar-refractivity contribution >= 4 is 50.6 Å². The predicted octanol–water partition coefficient (Wildman–Crippen LogP) is 14.0. The zero-order chi connectivity index (χ0) is 41.2. The monoisotopic (exact) mass is 1020 g/mol. The first-order valence-electron chi connectivity index (χ1n) is 20.9. The second-order valence-corrected chi connectivity index (χ2v) is 28.7. The summed E-state index contributed by atoms with van der Waals surface area (Å²) in [6.07, 6.45) is 2.04. The number of imidazole rings is 1. The van der Waals surface area contributed by atoms with Crippen LogP contribution in [0, 0.1) is 12.1 Å². The Morgan fingerprint density at radius 3 is 2.10 bits per heavy atom. The number of rotatable bonds is 6. The maximum Gasteiger partial charge on any atom is 0 e. The van der Waals surface area contributed by atoms with Crippen LogP contribution < -0.4 is 4.40 Å². The summed E-state index contributed by atoms with van der Waals surface area (Å²) in [5.74, 6) is 8.69. The molecule has 9 aromatic rings. The van der Waals surface area contributed by atoms with Gasteiger partial charge in [0.15, 0.2) is 0 Å². The predicted molar refractivity (Wildman–Crippen MR) is 250 cm³/mol. The Hall–Kier alpha value is -5.07. The molecule has 0 saturated heterocycles. The summed E-state index contributed by atoms with van der Waals surface area (Å²) in [6.45, 7) is 13.7. The molecule has 0 amide bonds. The van der Waals surface area contributed by atoms with Crippen molar-refractivity contribution in [1.29, 1.82) is 0 Å². The number of fused-ring (bicyclic) bond motifs is 8. The van der Waals surface area contributed by atoms with Gasteiger partial charge in [0.2, 0.25) is 0 Å². The minimum Gasteiger partial charge on any atom is 0 e. The molecule has 1 radical (unpaired) electrons. The summed E-state index contributed by atoms with van der Waals surface area (Å²) in [7, 11) is 0. The molecule has 3 aromatic heterocycles. The third kappa shape index (κ3) is 7.09. The Morgan fingerprint density at radius 1 is 0.700 bits per heavy atom. The molecule has 6 heteroatoms. The van der Waals surface area contributed by atoms with Crippen molar-refractivity contribution < 1.29 is 24.5 Å². The Bertz CT molecular complexity index is 2980. The maximum atomic E-state index is 6.80. The molecule has 303 valence electrons. The van der Waals surface area contributed by atoms with Crippen LogP contribution in [0.1, 0.15) is 75.6 Å². The SMILES string of the molecule is CC(C)c1cccc(C(C)C)c1-n1c(-c2[c-]ccc3c2oc2ccc4c(c23)-c2ccccc2C4(C)C)nc2ccccc21.[CH3][Ge]([CH3])([CH3])[c]1ccc(-c2[c-]cccc2)nc1.[Ir]. The van der Waals surface area contributed by atoms with Crippen molar-refractivity contribution in [2.75, 3.05) is 0 Å². The zero-order valence-electron chi connectivity index (χ0n) is 35.9. The number of para-hydroxylation sites is 3. The van der Waals surface area contributed by atoms with Crippen LogP contribution in [0.2, 0.25) is 17.3 Å². The Kier molecular flexibility index (Phi) is 11.2. The van der Waals surface area contributed by atoms with Crippen molar-refractivity contribution in [2.24, 2.45) is 0 Å². The standard InChI is InChI=1S/C40H35N2O.C14H16GeN.Ir/c1-23(2)25-14-11-15-26(24(3)4)37(25)42-33-20-10-9-19-32(33)41-39(42)29-17-12-16-28-36-34(43-38(28)29)22-21-31-35(36)27-13-7-8-18-30(27)40(31,5)6;1-15(2,3)13-9-10-14(16-11-13)12-7-5-4-6-8-12;/h7-16,18-24H,1-6H3;4-7,9-11H,1-3H3;/q2*-1;. The summed E-state index contributed by atoms with van der Waals surface area (Å²) < 4.78 is 10.6. The van der Waals surface area contributed by atoms with Crippen LogP contribution in [-0.2, 0) is 25.5 Å². The van der Waals surface area contributed by atoms with Crippen LogP contribution in [0.15, 0.2) is 138 Å². The largest absolute Gasteiger partial charge is 0 e. The molecule has 3 heterocycles. The number of hydrogen-bond acceptors (Lipinski definition) is 3. The van der Waals surface area contributed by atoms with Crippen molar-refractivity contribution in [3.05, 3.63) is 168 Å².